The number of hydrogen-bond acceptors (Lipinski definition) is 6. The van der Waals surface area contributed by atoms with E-state index in [2.05, 4.69) is 30.7 Å². The number of carbonyl (C=O) groups excluding carboxylic acids is 1. The van der Waals surface area contributed by atoms with Crippen molar-refractivity contribution >= 4 is 28.4 Å². The first-order chi connectivity index (χ1) is 18.4. The van der Waals surface area contributed by atoms with E-state index >= 15 is 0 Å². The van der Waals surface area contributed by atoms with Crippen LogP contribution in [0.1, 0.15) is 61.7 Å². The number of nitrogens with one attached hydrogen (secondary N) is 3. The van der Waals surface area contributed by atoms with E-state index < -0.39 is 5.92 Å². The monoisotopic (exact) mass is 523 g/mol. The van der Waals surface area contributed by atoms with Crippen molar-refractivity contribution in [3.63, 3.8) is 0 Å². The average molecular weight is 524 g/mol. The molecule has 2 aliphatic carbocycles. The molecule has 9 nitrogen and oxygen atoms in total. The first-order valence-electron chi connectivity index (χ1n) is 13.2. The Balaban J connectivity index is 1.20. The minimum absolute atomic E-state index is 0.0645. The fourth-order valence-corrected chi connectivity index (χ4v) is 5.61. The number of carbonyl (C=O) groups is 1. The number of alkyl halides is 2. The van der Waals surface area contributed by atoms with Crippen molar-refractivity contribution in [3.8, 4) is 11.1 Å². The molecule has 38 heavy (non-hydrogen) atoms. The number of halogens is 2. The minimum Gasteiger partial charge on any atom is -0.381 e. The zero-order chi connectivity index (χ0) is 26.3. The van der Waals surface area contributed by atoms with Gasteiger partial charge in [-0.25, -0.2) is 18.3 Å². The van der Waals surface area contributed by atoms with Gasteiger partial charge in [-0.15, -0.1) is 0 Å². The van der Waals surface area contributed by atoms with Gasteiger partial charge >= 0.3 is 0 Å². The normalized spacial score (nSPS) is 22.1. The molecule has 2 aliphatic rings. The number of aromatic nitrogens is 5. The maximum absolute atomic E-state index is 13.5. The standard InChI is InChI=1S/C27H31F2N7O2/c1-38-19-4-2-17(3-5-19)33-25(37)22-15-32-36-11-8-16(12-23(22)36)20-13-30-24-21(20)14-31-26(35-24)34-18-6-9-27(28,29)10-7-18/h8,11-15,17-19H,2-7,9-10H2,1H3,(H,33,37)(H2,30,31,34,35). The predicted octanol–water partition coefficient (Wildman–Crippen LogP) is 4.95. The Morgan fingerprint density at radius 1 is 1.13 bits per heavy atom. The zero-order valence-corrected chi connectivity index (χ0v) is 21.2. The molecule has 0 aliphatic heterocycles. The zero-order valence-electron chi connectivity index (χ0n) is 21.2. The molecule has 4 heterocycles. The summed E-state index contributed by atoms with van der Waals surface area (Å²) in [6, 6.07) is 3.95. The summed E-state index contributed by atoms with van der Waals surface area (Å²) in [5.74, 6) is -2.28. The predicted molar refractivity (Wildman–Crippen MR) is 139 cm³/mol. The molecule has 200 valence electrons. The maximum atomic E-state index is 13.5. The van der Waals surface area contributed by atoms with Crippen molar-refractivity contribution in [2.75, 3.05) is 12.4 Å². The number of pyridine rings is 1. The van der Waals surface area contributed by atoms with Crippen LogP contribution in [0, 0.1) is 0 Å². The molecular formula is C27H31F2N7O2. The average Bonchev–Trinajstić information content (AvgIpc) is 3.54. The Morgan fingerprint density at radius 3 is 2.68 bits per heavy atom. The molecule has 0 atom stereocenters. The third kappa shape index (κ3) is 4.94. The Kier molecular flexibility index (Phi) is 6.46. The first kappa shape index (κ1) is 24.7. The molecule has 4 aromatic rings. The molecule has 6 rings (SSSR count). The van der Waals surface area contributed by atoms with E-state index in [9.17, 15) is 13.6 Å². The molecule has 2 fully saturated rings. The molecule has 0 aromatic carbocycles. The molecule has 0 saturated heterocycles. The lowest BCUT2D eigenvalue weighted by atomic mass is 9.92. The number of amides is 1. The van der Waals surface area contributed by atoms with Crippen LogP contribution in [0.15, 0.2) is 36.9 Å². The second-order valence-corrected chi connectivity index (χ2v) is 10.4. The third-order valence-electron chi connectivity index (χ3n) is 7.90. The summed E-state index contributed by atoms with van der Waals surface area (Å²) < 4.78 is 34.1. The van der Waals surface area contributed by atoms with E-state index in [0.717, 1.165) is 42.2 Å². The fourth-order valence-electron chi connectivity index (χ4n) is 5.61. The smallest absolute Gasteiger partial charge is 0.255 e. The first-order valence-corrected chi connectivity index (χ1v) is 13.2. The molecule has 4 aromatic heterocycles. The van der Waals surface area contributed by atoms with Crippen molar-refractivity contribution in [2.45, 2.75) is 75.5 Å². The Labute approximate surface area is 218 Å². The van der Waals surface area contributed by atoms with Crippen molar-refractivity contribution in [2.24, 2.45) is 0 Å². The van der Waals surface area contributed by atoms with E-state index in [0.29, 0.717) is 35.5 Å². The number of hydrogen-bond donors (Lipinski definition) is 3. The second kappa shape index (κ2) is 9.94. The number of methoxy groups -OCH3 is 1. The maximum Gasteiger partial charge on any atom is 0.255 e. The highest BCUT2D eigenvalue weighted by Crippen LogP contribution is 2.34. The summed E-state index contributed by atoms with van der Waals surface area (Å²) in [5.41, 5.74) is 3.70. The van der Waals surface area contributed by atoms with Crippen LogP contribution in [0.2, 0.25) is 0 Å². The molecule has 0 radical (unpaired) electrons. The van der Waals surface area contributed by atoms with Crippen LogP contribution < -0.4 is 10.6 Å². The Hall–Kier alpha value is -3.60. The van der Waals surface area contributed by atoms with E-state index in [-0.39, 0.29) is 36.9 Å². The number of rotatable bonds is 6. The van der Waals surface area contributed by atoms with Crippen LogP contribution >= 0.6 is 0 Å². The highest BCUT2D eigenvalue weighted by molar-refractivity contribution is 6.02. The topological polar surface area (TPSA) is 109 Å². The third-order valence-corrected chi connectivity index (χ3v) is 7.90. The molecule has 1 amide bonds. The fraction of sp³-hybridized carbons (Fsp3) is 0.481. The summed E-state index contributed by atoms with van der Waals surface area (Å²) in [6.07, 6.45) is 11.5. The highest BCUT2D eigenvalue weighted by atomic mass is 19.3. The SMILES string of the molecule is COC1CCC(NC(=O)c2cnn3ccc(-c4c[nH]c5nc(NC6CCC(F)(F)CC6)ncc45)cc23)CC1. The van der Waals surface area contributed by atoms with Gasteiger partial charge in [0.15, 0.2) is 0 Å². The minimum atomic E-state index is -2.57. The van der Waals surface area contributed by atoms with E-state index in [1.807, 2.05) is 24.5 Å². The van der Waals surface area contributed by atoms with Gasteiger partial charge in [0.25, 0.3) is 5.91 Å². The molecular weight excluding hydrogens is 492 g/mol. The number of nitrogens with zero attached hydrogens (tertiary/aromatic N) is 4. The van der Waals surface area contributed by atoms with Crippen molar-refractivity contribution in [1.82, 2.24) is 29.9 Å². The summed E-state index contributed by atoms with van der Waals surface area (Å²) in [4.78, 5) is 25.3. The number of H-pyrrole nitrogens is 1. The highest BCUT2D eigenvalue weighted by Gasteiger charge is 2.35. The van der Waals surface area contributed by atoms with Gasteiger partial charge in [0.05, 0.1) is 23.4 Å². The molecule has 0 unspecified atom stereocenters. The van der Waals surface area contributed by atoms with Gasteiger partial charge in [0.2, 0.25) is 11.9 Å². The molecule has 0 spiro atoms. The van der Waals surface area contributed by atoms with Gasteiger partial charge in [0, 0.05) is 61.6 Å². The van der Waals surface area contributed by atoms with Crippen molar-refractivity contribution < 1.29 is 18.3 Å². The van der Waals surface area contributed by atoms with Crippen LogP contribution in [0.3, 0.4) is 0 Å². The van der Waals surface area contributed by atoms with Crippen LogP contribution in [0.5, 0.6) is 0 Å². The number of anilines is 1. The lowest BCUT2D eigenvalue weighted by Crippen LogP contribution is -2.38. The number of ether oxygens (including phenoxy) is 1. The lowest BCUT2D eigenvalue weighted by Gasteiger charge is -2.28. The van der Waals surface area contributed by atoms with Gasteiger partial charge in [-0.2, -0.15) is 10.1 Å². The largest absolute Gasteiger partial charge is 0.381 e. The summed E-state index contributed by atoms with van der Waals surface area (Å²) in [5, 5.41) is 11.6. The number of aromatic amines is 1. The summed E-state index contributed by atoms with van der Waals surface area (Å²) in [6.45, 7) is 0. The van der Waals surface area contributed by atoms with Crippen molar-refractivity contribution in [3.05, 3.63) is 42.5 Å². The van der Waals surface area contributed by atoms with E-state index in [4.69, 9.17) is 4.74 Å². The van der Waals surface area contributed by atoms with Crippen molar-refractivity contribution in [1.29, 1.82) is 0 Å². The van der Waals surface area contributed by atoms with E-state index in [1.54, 1.807) is 24.0 Å². The summed E-state index contributed by atoms with van der Waals surface area (Å²) >= 11 is 0. The van der Waals surface area contributed by atoms with Gasteiger partial charge < -0.3 is 20.4 Å². The lowest BCUT2D eigenvalue weighted by molar-refractivity contribution is -0.0361. The van der Waals surface area contributed by atoms with E-state index in [1.165, 1.54) is 0 Å². The molecule has 3 N–H and O–H groups in total. The van der Waals surface area contributed by atoms with Gasteiger partial charge in [-0.3, -0.25) is 4.79 Å². The van der Waals surface area contributed by atoms with Crippen LogP contribution in [-0.4, -0.2) is 61.7 Å². The second-order valence-electron chi connectivity index (χ2n) is 10.4. The Bertz CT molecular complexity index is 1450. The quantitative estimate of drug-likeness (QED) is 0.330. The summed E-state index contributed by atoms with van der Waals surface area (Å²) in [7, 11) is 1.74. The van der Waals surface area contributed by atoms with Crippen LogP contribution in [0.25, 0.3) is 27.7 Å². The van der Waals surface area contributed by atoms with Crippen LogP contribution in [-0.2, 0) is 4.74 Å². The van der Waals surface area contributed by atoms with Gasteiger partial charge in [-0.1, -0.05) is 0 Å². The van der Waals surface area contributed by atoms with Gasteiger partial charge in [-0.05, 0) is 56.2 Å². The molecule has 2 saturated carbocycles. The Morgan fingerprint density at radius 2 is 1.92 bits per heavy atom. The van der Waals surface area contributed by atoms with Gasteiger partial charge in [0.1, 0.15) is 5.65 Å². The number of fused-ring (bicyclic) bond motifs is 2. The molecule has 11 heteroatoms. The molecule has 0 bridgehead atoms. The van der Waals surface area contributed by atoms with Crippen LogP contribution in [0.4, 0.5) is 14.7 Å².